The fraction of sp³-hybridized carbons (Fsp3) is 0.400. The van der Waals surface area contributed by atoms with Crippen LogP contribution in [-0.4, -0.2) is 50.1 Å². The molecule has 2 fully saturated rings. The van der Waals surface area contributed by atoms with Gasteiger partial charge in [-0.25, -0.2) is 18.7 Å². The first-order chi connectivity index (χ1) is 14.2. The van der Waals surface area contributed by atoms with E-state index in [1.54, 1.807) is 21.8 Å². The predicted molar refractivity (Wildman–Crippen MR) is 106 cm³/mol. The van der Waals surface area contributed by atoms with Gasteiger partial charge < -0.3 is 15.1 Å². The number of halogens is 1. The third-order valence-electron chi connectivity index (χ3n) is 5.65. The van der Waals surface area contributed by atoms with E-state index in [2.05, 4.69) is 20.3 Å². The molecule has 0 aromatic carbocycles. The largest absolute Gasteiger partial charge is 0.349 e. The lowest BCUT2D eigenvalue weighted by molar-refractivity contribution is 0.222. The van der Waals surface area contributed by atoms with Crippen LogP contribution in [0.5, 0.6) is 0 Å². The summed E-state index contributed by atoms with van der Waals surface area (Å²) in [7, 11) is 0. The van der Waals surface area contributed by atoms with Crippen LogP contribution in [0.2, 0.25) is 0 Å². The van der Waals surface area contributed by atoms with Crippen molar-refractivity contribution in [3.8, 4) is 0 Å². The van der Waals surface area contributed by atoms with E-state index in [1.807, 2.05) is 12.3 Å². The van der Waals surface area contributed by atoms with Crippen LogP contribution >= 0.6 is 0 Å². The summed E-state index contributed by atoms with van der Waals surface area (Å²) in [6, 6.07) is 3.35. The number of aromatic nitrogens is 4. The van der Waals surface area contributed by atoms with Crippen LogP contribution in [0.4, 0.5) is 20.7 Å². The van der Waals surface area contributed by atoms with Crippen LogP contribution in [0, 0.1) is 5.82 Å². The van der Waals surface area contributed by atoms with Crippen LogP contribution in [0.15, 0.2) is 36.9 Å². The molecule has 2 aliphatic rings. The molecule has 3 aromatic rings. The molecule has 0 bridgehead atoms. The van der Waals surface area contributed by atoms with Crippen molar-refractivity contribution in [2.24, 2.45) is 0 Å². The van der Waals surface area contributed by atoms with Gasteiger partial charge in [-0.1, -0.05) is 0 Å². The Morgan fingerprint density at radius 3 is 2.83 bits per heavy atom. The number of hydrogen-bond acceptors (Lipinski definition) is 5. The zero-order chi connectivity index (χ0) is 19.8. The number of amides is 2. The quantitative estimate of drug-likeness (QED) is 0.737. The molecule has 0 radical (unpaired) electrons. The molecule has 1 atom stereocenters. The van der Waals surface area contributed by atoms with Crippen molar-refractivity contribution in [1.29, 1.82) is 0 Å². The van der Waals surface area contributed by atoms with E-state index >= 15 is 0 Å². The van der Waals surface area contributed by atoms with Gasteiger partial charge in [0, 0.05) is 32.0 Å². The summed E-state index contributed by atoms with van der Waals surface area (Å²) in [6.07, 6.45) is 10.4. The number of nitrogens with zero attached hydrogens (tertiary/aromatic N) is 6. The maximum atomic E-state index is 13.7. The summed E-state index contributed by atoms with van der Waals surface area (Å²) in [5.74, 6) is 0.446. The summed E-state index contributed by atoms with van der Waals surface area (Å²) in [4.78, 5) is 25.2. The average Bonchev–Trinajstić information content (AvgIpc) is 3.48. The number of likely N-dealkylation sites (tertiary alicyclic amines) is 1. The lowest BCUT2D eigenvalue weighted by atomic mass is 10.1. The van der Waals surface area contributed by atoms with Gasteiger partial charge in [-0.2, -0.15) is 5.10 Å². The van der Waals surface area contributed by atoms with Crippen LogP contribution in [0.3, 0.4) is 0 Å². The van der Waals surface area contributed by atoms with E-state index in [1.165, 1.54) is 12.3 Å². The lowest BCUT2D eigenvalue weighted by Gasteiger charge is -2.26. The molecule has 0 spiro atoms. The van der Waals surface area contributed by atoms with Crippen LogP contribution in [-0.2, 0) is 0 Å². The van der Waals surface area contributed by atoms with Gasteiger partial charge in [0.1, 0.15) is 17.3 Å². The number of hydrogen-bond donors (Lipinski definition) is 1. The zero-order valence-electron chi connectivity index (χ0n) is 16.0. The number of urea groups is 1. The molecular weight excluding hydrogens is 373 g/mol. The van der Waals surface area contributed by atoms with Gasteiger partial charge in [0.15, 0.2) is 5.65 Å². The number of fused-ring (bicyclic) bond motifs is 1. The molecule has 2 saturated heterocycles. The monoisotopic (exact) mass is 395 g/mol. The molecular formula is C20H22FN7O. The van der Waals surface area contributed by atoms with Gasteiger partial charge in [-0.15, -0.1) is 0 Å². The summed E-state index contributed by atoms with van der Waals surface area (Å²) >= 11 is 0. The third-order valence-corrected chi connectivity index (χ3v) is 5.65. The Kier molecular flexibility index (Phi) is 4.49. The Morgan fingerprint density at radius 2 is 2.00 bits per heavy atom. The molecule has 29 heavy (non-hydrogen) atoms. The number of anilines is 2. The summed E-state index contributed by atoms with van der Waals surface area (Å²) in [6.45, 7) is 2.38. The van der Waals surface area contributed by atoms with Crippen molar-refractivity contribution in [3.05, 3.63) is 48.3 Å². The van der Waals surface area contributed by atoms with Gasteiger partial charge in [0.05, 0.1) is 18.4 Å². The molecule has 1 N–H and O–H groups in total. The fourth-order valence-electron chi connectivity index (χ4n) is 4.22. The predicted octanol–water partition coefficient (Wildman–Crippen LogP) is 3.23. The number of rotatable bonds is 3. The Morgan fingerprint density at radius 1 is 1.14 bits per heavy atom. The van der Waals surface area contributed by atoms with Gasteiger partial charge in [0.2, 0.25) is 0 Å². The van der Waals surface area contributed by atoms with Crippen molar-refractivity contribution in [2.75, 3.05) is 29.9 Å². The molecule has 0 saturated carbocycles. The van der Waals surface area contributed by atoms with E-state index in [9.17, 15) is 9.18 Å². The number of carbonyl (C=O) groups excluding carboxylic acids is 1. The van der Waals surface area contributed by atoms with Crippen molar-refractivity contribution in [2.45, 2.75) is 31.7 Å². The van der Waals surface area contributed by atoms with E-state index in [0.717, 1.165) is 56.7 Å². The summed E-state index contributed by atoms with van der Waals surface area (Å²) in [5.41, 5.74) is 2.03. The van der Waals surface area contributed by atoms with Gasteiger partial charge >= 0.3 is 6.03 Å². The summed E-state index contributed by atoms with van der Waals surface area (Å²) in [5, 5.41) is 7.24. The molecule has 3 aromatic heterocycles. The van der Waals surface area contributed by atoms with Gasteiger partial charge in [-0.05, 0) is 43.4 Å². The first-order valence-corrected chi connectivity index (χ1v) is 9.96. The molecule has 8 nitrogen and oxygen atoms in total. The smallest absolute Gasteiger partial charge is 0.321 e. The fourth-order valence-corrected chi connectivity index (χ4v) is 4.22. The molecule has 0 aliphatic carbocycles. The number of carbonyl (C=O) groups is 1. The van der Waals surface area contributed by atoms with Crippen LogP contribution in [0.1, 0.15) is 37.3 Å². The SMILES string of the molecule is O=C(Nc1cnn2ccc(N3CCCC3c3cncc(F)c3)nc12)N1CCCC1. The lowest BCUT2D eigenvalue weighted by Crippen LogP contribution is -2.32. The van der Waals surface area contributed by atoms with E-state index in [4.69, 9.17) is 4.98 Å². The molecule has 9 heteroatoms. The minimum absolute atomic E-state index is 0.0266. The summed E-state index contributed by atoms with van der Waals surface area (Å²) < 4.78 is 15.3. The standard InChI is InChI=1S/C20H22FN7O/c21-15-10-14(11-22-12-15)17-4-3-8-27(17)18-5-9-28-19(25-18)16(13-23-28)24-20(29)26-6-1-2-7-26/h5,9-13,17H,1-4,6-8H2,(H,24,29). The zero-order valence-corrected chi connectivity index (χ0v) is 16.0. The molecule has 150 valence electrons. The second-order valence-electron chi connectivity index (χ2n) is 7.52. The van der Waals surface area contributed by atoms with E-state index < -0.39 is 0 Å². The molecule has 2 aliphatic heterocycles. The molecule has 2 amide bonds. The van der Waals surface area contributed by atoms with E-state index in [-0.39, 0.29) is 17.9 Å². The Bertz CT molecular complexity index is 1050. The minimum Gasteiger partial charge on any atom is -0.349 e. The highest BCUT2D eigenvalue weighted by Crippen LogP contribution is 2.35. The maximum absolute atomic E-state index is 13.7. The van der Waals surface area contributed by atoms with Crippen molar-refractivity contribution < 1.29 is 9.18 Å². The maximum Gasteiger partial charge on any atom is 0.321 e. The van der Waals surface area contributed by atoms with Gasteiger partial charge in [-0.3, -0.25) is 4.98 Å². The van der Waals surface area contributed by atoms with Crippen LogP contribution < -0.4 is 10.2 Å². The average molecular weight is 395 g/mol. The van der Waals surface area contributed by atoms with Crippen molar-refractivity contribution in [3.63, 3.8) is 0 Å². The Hall–Kier alpha value is -3.23. The Balaban J connectivity index is 1.43. The highest BCUT2D eigenvalue weighted by atomic mass is 19.1. The topological polar surface area (TPSA) is 78.7 Å². The van der Waals surface area contributed by atoms with E-state index in [0.29, 0.717) is 11.3 Å². The van der Waals surface area contributed by atoms with Crippen LogP contribution in [0.25, 0.3) is 5.65 Å². The highest BCUT2D eigenvalue weighted by molar-refractivity contribution is 5.93. The second kappa shape index (κ2) is 7.31. The molecule has 5 rings (SSSR count). The van der Waals surface area contributed by atoms with Crippen molar-refractivity contribution in [1.82, 2.24) is 24.5 Å². The third kappa shape index (κ3) is 3.37. The molecule has 1 unspecified atom stereocenters. The highest BCUT2D eigenvalue weighted by Gasteiger charge is 2.28. The first-order valence-electron chi connectivity index (χ1n) is 9.96. The number of pyridine rings is 1. The molecule has 5 heterocycles. The minimum atomic E-state index is -0.333. The van der Waals surface area contributed by atoms with Crippen molar-refractivity contribution >= 4 is 23.2 Å². The second-order valence-corrected chi connectivity index (χ2v) is 7.52. The van der Waals surface area contributed by atoms with Gasteiger partial charge in [0.25, 0.3) is 0 Å². The number of nitrogens with one attached hydrogen (secondary N) is 1. The Labute approximate surface area is 167 Å². The normalized spacial score (nSPS) is 19.3. The first kappa shape index (κ1) is 17.8.